The molecule has 1 atom stereocenters. The van der Waals surface area contributed by atoms with Crippen LogP contribution in [-0.4, -0.2) is 17.8 Å². The van der Waals surface area contributed by atoms with Crippen LogP contribution in [0.3, 0.4) is 0 Å². The highest BCUT2D eigenvalue weighted by molar-refractivity contribution is 7.14. The molecule has 0 fully saturated rings. The smallest absolute Gasteiger partial charge is 0.261 e. The predicted molar refractivity (Wildman–Crippen MR) is 82.4 cm³/mol. The van der Waals surface area contributed by atoms with Crippen LogP contribution in [0, 0.1) is 5.92 Å². The molecule has 0 bridgehead atoms. The molecule has 1 N–H and O–H groups in total. The minimum Gasteiger partial charge on any atom is -0.347 e. The molecule has 2 nitrogen and oxygen atoms in total. The zero-order valence-electron chi connectivity index (χ0n) is 11.7. The molecule has 1 amide bonds. The van der Waals surface area contributed by atoms with Gasteiger partial charge in [0.15, 0.2) is 0 Å². The Morgan fingerprint density at radius 2 is 2.16 bits per heavy atom. The summed E-state index contributed by atoms with van der Waals surface area (Å²) in [6.07, 6.45) is 5.71. The number of amides is 1. The summed E-state index contributed by atoms with van der Waals surface area (Å²) < 4.78 is 0. The van der Waals surface area contributed by atoms with E-state index in [0.29, 0.717) is 11.8 Å². The minimum atomic E-state index is 0.0469. The molecule has 0 spiro atoms. The van der Waals surface area contributed by atoms with Gasteiger partial charge in [0.25, 0.3) is 5.91 Å². The quantitative estimate of drug-likeness (QED) is 0.818. The fraction of sp³-hybridized carbons (Fsp3) is 0.667. The van der Waals surface area contributed by atoms with Crippen molar-refractivity contribution in [1.82, 2.24) is 5.32 Å². The normalized spacial score (nSPS) is 16.2. The Morgan fingerprint density at radius 1 is 1.42 bits per heavy atom. The molecule has 4 heteroatoms. The molecule has 1 heterocycles. The number of carbonyl (C=O) groups excluding carboxylic acids is 1. The topological polar surface area (TPSA) is 29.1 Å². The van der Waals surface area contributed by atoms with Crippen LogP contribution in [0.25, 0.3) is 0 Å². The second-order valence-electron chi connectivity index (χ2n) is 5.72. The van der Waals surface area contributed by atoms with Crippen molar-refractivity contribution < 1.29 is 4.79 Å². The predicted octanol–water partition coefficient (Wildman–Crippen LogP) is 4.01. The number of hydrogen-bond acceptors (Lipinski definition) is 2. The maximum absolute atomic E-state index is 12.3. The standard InChI is InChI=1S/C15H22ClNOS/c1-10(2)7-12(9-16)17-15(18)14-8-11-5-3-4-6-13(11)19-14/h8,10,12H,3-7,9H2,1-2H3,(H,17,18). The highest BCUT2D eigenvalue weighted by Crippen LogP contribution is 2.29. The summed E-state index contributed by atoms with van der Waals surface area (Å²) in [6, 6.07) is 2.16. The number of aryl methyl sites for hydroxylation is 2. The van der Waals surface area contributed by atoms with E-state index in [4.69, 9.17) is 11.6 Å². The van der Waals surface area contributed by atoms with Gasteiger partial charge in [0.1, 0.15) is 0 Å². The van der Waals surface area contributed by atoms with Gasteiger partial charge in [-0.1, -0.05) is 13.8 Å². The lowest BCUT2D eigenvalue weighted by Gasteiger charge is -2.17. The van der Waals surface area contributed by atoms with E-state index in [9.17, 15) is 4.79 Å². The Bertz CT molecular complexity index is 418. The van der Waals surface area contributed by atoms with E-state index in [0.717, 1.165) is 24.1 Å². The van der Waals surface area contributed by atoms with Crippen molar-refractivity contribution in [2.75, 3.05) is 5.88 Å². The number of nitrogens with one attached hydrogen (secondary N) is 1. The van der Waals surface area contributed by atoms with Crippen molar-refractivity contribution in [2.24, 2.45) is 5.92 Å². The van der Waals surface area contributed by atoms with Gasteiger partial charge in [0.2, 0.25) is 0 Å². The third-order valence-electron chi connectivity index (χ3n) is 3.50. The molecule has 19 heavy (non-hydrogen) atoms. The Balaban J connectivity index is 2.00. The molecular formula is C15H22ClNOS. The van der Waals surface area contributed by atoms with Gasteiger partial charge in [-0.25, -0.2) is 0 Å². The summed E-state index contributed by atoms with van der Waals surface area (Å²) in [6.45, 7) is 4.30. The second-order valence-corrected chi connectivity index (χ2v) is 7.17. The molecule has 0 aliphatic heterocycles. The maximum Gasteiger partial charge on any atom is 0.261 e. The molecule has 1 unspecified atom stereocenters. The van der Waals surface area contributed by atoms with Crippen LogP contribution >= 0.6 is 22.9 Å². The first-order valence-electron chi connectivity index (χ1n) is 7.08. The molecule has 1 aliphatic carbocycles. The summed E-state index contributed by atoms with van der Waals surface area (Å²) >= 11 is 7.59. The highest BCUT2D eigenvalue weighted by Gasteiger charge is 2.19. The molecule has 0 radical (unpaired) electrons. The summed E-state index contributed by atoms with van der Waals surface area (Å²) in [5, 5.41) is 3.06. The van der Waals surface area contributed by atoms with Gasteiger partial charge < -0.3 is 5.32 Å². The number of rotatable bonds is 5. The molecule has 1 aromatic rings. The van der Waals surface area contributed by atoms with Crippen molar-refractivity contribution in [3.63, 3.8) is 0 Å². The Kier molecular flexibility index (Phi) is 5.28. The second kappa shape index (κ2) is 6.76. The molecule has 0 saturated carbocycles. The molecule has 2 rings (SSSR count). The number of hydrogen-bond donors (Lipinski definition) is 1. The molecule has 0 aromatic carbocycles. The van der Waals surface area contributed by atoms with Crippen molar-refractivity contribution >= 4 is 28.8 Å². The van der Waals surface area contributed by atoms with Gasteiger partial charge in [-0.2, -0.15) is 0 Å². The zero-order valence-corrected chi connectivity index (χ0v) is 13.2. The first-order chi connectivity index (χ1) is 9.10. The van der Waals surface area contributed by atoms with Crippen LogP contribution in [0.1, 0.15) is 53.2 Å². The fourth-order valence-electron chi connectivity index (χ4n) is 2.59. The first-order valence-corrected chi connectivity index (χ1v) is 8.43. The minimum absolute atomic E-state index is 0.0469. The van der Waals surface area contributed by atoms with Gasteiger partial charge in [0.05, 0.1) is 4.88 Å². The average molecular weight is 300 g/mol. The van der Waals surface area contributed by atoms with Gasteiger partial charge in [0, 0.05) is 16.8 Å². The largest absolute Gasteiger partial charge is 0.347 e. The van der Waals surface area contributed by atoms with E-state index in [2.05, 4.69) is 25.2 Å². The zero-order chi connectivity index (χ0) is 13.8. The molecule has 1 aliphatic rings. The van der Waals surface area contributed by atoms with E-state index in [1.54, 1.807) is 11.3 Å². The Morgan fingerprint density at radius 3 is 2.79 bits per heavy atom. The van der Waals surface area contributed by atoms with Crippen LogP contribution < -0.4 is 5.32 Å². The summed E-state index contributed by atoms with van der Waals surface area (Å²) in [4.78, 5) is 14.5. The number of halogens is 1. The average Bonchev–Trinajstić information content (AvgIpc) is 2.81. The Hall–Kier alpha value is -0.540. The number of thiophene rings is 1. The van der Waals surface area contributed by atoms with Crippen LogP contribution in [0.2, 0.25) is 0 Å². The fourth-order valence-corrected chi connectivity index (χ4v) is 3.95. The summed E-state index contributed by atoms with van der Waals surface area (Å²) in [5.41, 5.74) is 1.38. The molecular weight excluding hydrogens is 278 g/mol. The SMILES string of the molecule is CC(C)CC(CCl)NC(=O)c1cc2c(s1)CCCC2. The monoisotopic (exact) mass is 299 g/mol. The van der Waals surface area contributed by atoms with Crippen molar-refractivity contribution in [3.05, 3.63) is 21.4 Å². The lowest BCUT2D eigenvalue weighted by atomic mass is 9.99. The lowest BCUT2D eigenvalue weighted by molar-refractivity contribution is 0.0940. The first kappa shape index (κ1) is 14.9. The van der Waals surface area contributed by atoms with Crippen LogP contribution in [0.5, 0.6) is 0 Å². The lowest BCUT2D eigenvalue weighted by Crippen LogP contribution is -2.36. The van der Waals surface area contributed by atoms with Crippen molar-refractivity contribution in [2.45, 2.75) is 52.0 Å². The van der Waals surface area contributed by atoms with E-state index in [1.165, 1.54) is 23.3 Å². The van der Waals surface area contributed by atoms with Gasteiger partial charge >= 0.3 is 0 Å². The molecule has 0 saturated heterocycles. The molecule has 106 valence electrons. The number of carbonyl (C=O) groups is 1. The number of fused-ring (bicyclic) bond motifs is 1. The third kappa shape index (κ3) is 3.96. The van der Waals surface area contributed by atoms with E-state index >= 15 is 0 Å². The van der Waals surface area contributed by atoms with E-state index in [-0.39, 0.29) is 11.9 Å². The van der Waals surface area contributed by atoms with Gasteiger partial charge in [-0.3, -0.25) is 4.79 Å². The van der Waals surface area contributed by atoms with E-state index in [1.807, 2.05) is 0 Å². The van der Waals surface area contributed by atoms with Crippen LogP contribution in [0.15, 0.2) is 6.07 Å². The van der Waals surface area contributed by atoms with Gasteiger partial charge in [-0.15, -0.1) is 22.9 Å². The van der Waals surface area contributed by atoms with Crippen molar-refractivity contribution in [3.8, 4) is 0 Å². The summed E-state index contributed by atoms with van der Waals surface area (Å²) in [7, 11) is 0. The van der Waals surface area contributed by atoms with Crippen LogP contribution in [-0.2, 0) is 12.8 Å². The number of alkyl halides is 1. The third-order valence-corrected chi connectivity index (χ3v) is 5.11. The Labute approximate surface area is 124 Å². The maximum atomic E-state index is 12.3. The summed E-state index contributed by atoms with van der Waals surface area (Å²) in [5.74, 6) is 1.07. The highest BCUT2D eigenvalue weighted by atomic mass is 35.5. The van der Waals surface area contributed by atoms with E-state index < -0.39 is 0 Å². The van der Waals surface area contributed by atoms with Crippen LogP contribution in [0.4, 0.5) is 0 Å². The van der Waals surface area contributed by atoms with Gasteiger partial charge in [-0.05, 0) is 49.7 Å². The van der Waals surface area contributed by atoms with Crippen molar-refractivity contribution in [1.29, 1.82) is 0 Å². The molecule has 1 aromatic heterocycles.